The van der Waals surface area contributed by atoms with Crippen molar-refractivity contribution in [3.05, 3.63) is 41.1 Å². The largest absolute Gasteiger partial charge is 0.494 e. The van der Waals surface area contributed by atoms with E-state index in [1.807, 2.05) is 0 Å². The number of benzene rings is 1. The molecule has 27 heavy (non-hydrogen) atoms. The van der Waals surface area contributed by atoms with Crippen molar-refractivity contribution in [3.63, 3.8) is 0 Å². The number of aryl methyl sites for hydroxylation is 1. The molecular formula is C16H15ClFN7O2. The third-order valence-electron chi connectivity index (χ3n) is 3.54. The van der Waals surface area contributed by atoms with E-state index in [0.717, 1.165) is 0 Å². The Hall–Kier alpha value is -3.27. The van der Waals surface area contributed by atoms with Gasteiger partial charge in [0, 0.05) is 29.8 Å². The number of carbonyl (C=O) groups is 1. The molecule has 0 aliphatic carbocycles. The molecule has 0 aliphatic heterocycles. The van der Waals surface area contributed by atoms with Crippen LogP contribution < -0.4 is 15.4 Å². The SMILES string of the molecule is [2H]C([2H])([2H])NC(=O)c1nnc(Cl)cc1Nc1c(F)ccc(-c2cnn(C)n2)c1OC. The van der Waals surface area contributed by atoms with Crippen molar-refractivity contribution in [2.75, 3.05) is 19.4 Å². The van der Waals surface area contributed by atoms with Gasteiger partial charge in [-0.15, -0.1) is 10.2 Å². The molecule has 0 saturated heterocycles. The summed E-state index contributed by atoms with van der Waals surface area (Å²) in [6.45, 7) is -2.76. The van der Waals surface area contributed by atoms with Crippen molar-refractivity contribution in [2.24, 2.45) is 7.05 Å². The van der Waals surface area contributed by atoms with Crippen molar-refractivity contribution in [1.82, 2.24) is 30.5 Å². The summed E-state index contributed by atoms with van der Waals surface area (Å²) in [4.78, 5) is 13.6. The van der Waals surface area contributed by atoms with E-state index in [0.29, 0.717) is 11.3 Å². The highest BCUT2D eigenvalue weighted by atomic mass is 35.5. The van der Waals surface area contributed by atoms with Gasteiger partial charge in [-0.3, -0.25) is 4.79 Å². The van der Waals surface area contributed by atoms with Crippen LogP contribution >= 0.6 is 11.6 Å². The van der Waals surface area contributed by atoms with Crippen LogP contribution in [0, 0.1) is 5.82 Å². The molecule has 11 heteroatoms. The van der Waals surface area contributed by atoms with Crippen LogP contribution in [0.3, 0.4) is 0 Å². The van der Waals surface area contributed by atoms with E-state index >= 15 is 0 Å². The zero-order chi connectivity index (χ0) is 22.1. The van der Waals surface area contributed by atoms with E-state index in [-0.39, 0.29) is 22.3 Å². The number of nitrogens with zero attached hydrogens (tertiary/aromatic N) is 5. The molecule has 0 spiro atoms. The highest BCUT2D eigenvalue weighted by molar-refractivity contribution is 6.29. The molecule has 2 aromatic heterocycles. The minimum Gasteiger partial charge on any atom is -0.494 e. The van der Waals surface area contributed by atoms with Crippen LogP contribution in [-0.4, -0.2) is 45.2 Å². The number of rotatable bonds is 5. The lowest BCUT2D eigenvalue weighted by Gasteiger charge is -2.16. The summed E-state index contributed by atoms with van der Waals surface area (Å²) in [5, 5.41) is 19.7. The molecule has 1 aromatic carbocycles. The second kappa shape index (κ2) is 7.54. The van der Waals surface area contributed by atoms with Gasteiger partial charge in [0.1, 0.15) is 11.4 Å². The predicted molar refractivity (Wildman–Crippen MR) is 96.7 cm³/mol. The van der Waals surface area contributed by atoms with E-state index in [4.69, 9.17) is 20.5 Å². The summed E-state index contributed by atoms with van der Waals surface area (Å²) in [5.74, 6) is -1.69. The number of carbonyl (C=O) groups excluding carboxylic acids is 1. The minimum atomic E-state index is -2.76. The van der Waals surface area contributed by atoms with Gasteiger partial charge in [-0.25, -0.2) is 4.39 Å². The second-order valence-electron chi connectivity index (χ2n) is 5.23. The van der Waals surface area contributed by atoms with E-state index in [9.17, 15) is 9.18 Å². The van der Waals surface area contributed by atoms with Gasteiger partial charge < -0.3 is 15.4 Å². The Bertz CT molecular complexity index is 1110. The topological polar surface area (TPSA) is 107 Å². The quantitative estimate of drug-likeness (QED) is 0.682. The highest BCUT2D eigenvalue weighted by Crippen LogP contribution is 2.39. The molecule has 2 heterocycles. The molecule has 0 atom stereocenters. The molecular weight excluding hydrogens is 377 g/mol. The normalized spacial score (nSPS) is 12.7. The molecule has 9 nitrogen and oxygen atoms in total. The number of halogens is 2. The number of anilines is 2. The maximum atomic E-state index is 14.7. The van der Waals surface area contributed by atoms with E-state index in [1.54, 1.807) is 12.4 Å². The molecule has 3 rings (SSSR count). The molecule has 0 bridgehead atoms. The predicted octanol–water partition coefficient (Wildman–Crippen LogP) is 2.18. The molecule has 140 valence electrons. The molecule has 0 aliphatic rings. The highest BCUT2D eigenvalue weighted by Gasteiger charge is 2.21. The van der Waals surface area contributed by atoms with E-state index < -0.39 is 24.4 Å². The third kappa shape index (κ3) is 3.65. The van der Waals surface area contributed by atoms with Gasteiger partial charge in [0.25, 0.3) is 5.91 Å². The van der Waals surface area contributed by atoms with Crippen molar-refractivity contribution in [2.45, 2.75) is 0 Å². The molecule has 3 aromatic rings. The maximum Gasteiger partial charge on any atom is 0.273 e. The van der Waals surface area contributed by atoms with Crippen LogP contribution in [0.25, 0.3) is 11.3 Å². The smallest absolute Gasteiger partial charge is 0.273 e. The molecule has 2 N–H and O–H groups in total. The van der Waals surface area contributed by atoms with E-state index in [1.165, 1.54) is 36.3 Å². The van der Waals surface area contributed by atoms with Crippen LogP contribution in [0.2, 0.25) is 5.15 Å². The Kier molecular flexibility index (Phi) is 4.15. The van der Waals surface area contributed by atoms with Crippen LogP contribution in [0.5, 0.6) is 5.75 Å². The summed E-state index contributed by atoms with van der Waals surface area (Å²) in [5.41, 5.74) is 0.222. The number of hydrogen-bond donors (Lipinski definition) is 2. The average molecular weight is 395 g/mol. The lowest BCUT2D eigenvalue weighted by molar-refractivity contribution is 0.0958. The number of ether oxygens (including phenoxy) is 1. The number of methoxy groups -OCH3 is 1. The Morgan fingerprint density at radius 1 is 1.41 bits per heavy atom. The Morgan fingerprint density at radius 2 is 2.22 bits per heavy atom. The first kappa shape index (κ1) is 14.9. The van der Waals surface area contributed by atoms with Gasteiger partial charge in [-0.2, -0.15) is 15.0 Å². The van der Waals surface area contributed by atoms with Crippen LogP contribution in [0.4, 0.5) is 15.8 Å². The molecule has 0 fully saturated rings. The fourth-order valence-electron chi connectivity index (χ4n) is 2.38. The number of hydrogen-bond acceptors (Lipinski definition) is 7. The standard InChI is InChI=1S/C16H15ClFN7O2/c1-19-16(26)14-10(6-12(17)22-23-14)21-13-9(18)5-4-8(15(13)27-3)11-7-20-25(2)24-11/h4-7H,1-3H3,(H,19,26)(H,21,22)/i1D3. The van der Waals surface area contributed by atoms with Gasteiger partial charge in [-0.05, 0) is 12.1 Å². The lowest BCUT2D eigenvalue weighted by atomic mass is 10.1. The first-order valence-electron chi connectivity index (χ1n) is 8.95. The minimum absolute atomic E-state index is 0.0746. The molecule has 0 radical (unpaired) electrons. The molecule has 0 saturated carbocycles. The van der Waals surface area contributed by atoms with Crippen molar-refractivity contribution >= 4 is 28.9 Å². The summed E-state index contributed by atoms with van der Waals surface area (Å²) in [6, 6.07) is 3.84. The Labute approximate surface area is 162 Å². The van der Waals surface area contributed by atoms with Gasteiger partial charge in [0.05, 0.1) is 19.0 Å². The zero-order valence-corrected chi connectivity index (χ0v) is 14.9. The zero-order valence-electron chi connectivity index (χ0n) is 17.1. The number of nitrogens with one attached hydrogen (secondary N) is 2. The Morgan fingerprint density at radius 3 is 2.89 bits per heavy atom. The van der Waals surface area contributed by atoms with Crippen LogP contribution in [-0.2, 0) is 7.05 Å². The van der Waals surface area contributed by atoms with E-state index in [2.05, 4.69) is 25.7 Å². The van der Waals surface area contributed by atoms with Gasteiger partial charge in [0.15, 0.2) is 22.4 Å². The third-order valence-corrected chi connectivity index (χ3v) is 3.72. The molecule has 0 unspecified atom stereocenters. The van der Waals surface area contributed by atoms with Crippen LogP contribution in [0.1, 0.15) is 14.6 Å². The Balaban J connectivity index is 2.08. The average Bonchev–Trinajstić information content (AvgIpc) is 3.08. The number of amides is 1. The fourth-order valence-corrected chi connectivity index (χ4v) is 2.53. The van der Waals surface area contributed by atoms with Crippen molar-refractivity contribution < 1.29 is 18.0 Å². The van der Waals surface area contributed by atoms with Crippen LogP contribution in [0.15, 0.2) is 24.4 Å². The number of aromatic nitrogens is 5. The monoisotopic (exact) mass is 394 g/mol. The first-order chi connectivity index (χ1) is 14.1. The van der Waals surface area contributed by atoms with Gasteiger partial charge in [0.2, 0.25) is 0 Å². The summed E-state index contributed by atoms with van der Waals surface area (Å²) in [7, 11) is 2.96. The fraction of sp³-hybridized carbons (Fsp3) is 0.188. The second-order valence-corrected chi connectivity index (χ2v) is 5.62. The first-order valence-corrected chi connectivity index (χ1v) is 7.83. The summed E-state index contributed by atoms with van der Waals surface area (Å²) < 4.78 is 41.6. The lowest BCUT2D eigenvalue weighted by Crippen LogP contribution is -2.21. The van der Waals surface area contributed by atoms with Gasteiger partial charge >= 0.3 is 0 Å². The van der Waals surface area contributed by atoms with Crippen molar-refractivity contribution in [1.29, 1.82) is 0 Å². The molecule has 1 amide bonds. The van der Waals surface area contributed by atoms with Gasteiger partial charge in [-0.1, -0.05) is 11.6 Å². The summed E-state index contributed by atoms with van der Waals surface area (Å²) >= 11 is 5.86. The van der Waals surface area contributed by atoms with Crippen molar-refractivity contribution in [3.8, 4) is 17.0 Å². The summed E-state index contributed by atoms with van der Waals surface area (Å²) in [6.07, 6.45) is 1.47. The maximum absolute atomic E-state index is 14.7.